The summed E-state index contributed by atoms with van der Waals surface area (Å²) in [5.41, 5.74) is -0.432. The molecule has 1 aromatic heterocycles. The van der Waals surface area contributed by atoms with Crippen LogP contribution in [0.4, 0.5) is 0 Å². The lowest BCUT2D eigenvalue weighted by atomic mass is 9.92. The van der Waals surface area contributed by atoms with Gasteiger partial charge in [0.15, 0.2) is 0 Å². The van der Waals surface area contributed by atoms with Gasteiger partial charge in [-0.15, -0.1) is 0 Å². The minimum absolute atomic E-state index is 0.00436. The molecule has 0 amide bonds. The maximum atomic E-state index is 9.18. The number of rotatable bonds is 7. The van der Waals surface area contributed by atoms with E-state index in [-0.39, 0.29) is 13.2 Å². The zero-order chi connectivity index (χ0) is 12.0. The van der Waals surface area contributed by atoms with Crippen LogP contribution >= 0.6 is 0 Å². The topological polar surface area (TPSA) is 61.5 Å². The Morgan fingerprint density at radius 2 is 2.06 bits per heavy atom. The van der Waals surface area contributed by atoms with Crippen molar-refractivity contribution in [1.29, 1.82) is 0 Å². The van der Waals surface area contributed by atoms with Gasteiger partial charge in [0.25, 0.3) is 0 Å². The average molecular weight is 227 g/mol. The van der Waals surface area contributed by atoms with Gasteiger partial charge in [0.05, 0.1) is 19.8 Å². The van der Waals surface area contributed by atoms with Crippen LogP contribution in [0.15, 0.2) is 18.5 Å². The van der Waals surface area contributed by atoms with Crippen molar-refractivity contribution in [2.75, 3.05) is 33.4 Å². The molecular weight excluding hydrogens is 206 g/mol. The van der Waals surface area contributed by atoms with E-state index in [1.165, 1.54) is 0 Å². The van der Waals surface area contributed by atoms with Gasteiger partial charge in [-0.1, -0.05) is 6.92 Å². The number of aliphatic hydroxyl groups is 2. The lowest BCUT2D eigenvalue weighted by molar-refractivity contribution is 0.0411. The summed E-state index contributed by atoms with van der Waals surface area (Å²) in [5.74, 6) is 0. The summed E-state index contributed by atoms with van der Waals surface area (Å²) in [5, 5.41) is 22.5. The molecule has 1 rings (SSSR count). The summed E-state index contributed by atoms with van der Waals surface area (Å²) in [6.07, 6.45) is 3.68. The van der Waals surface area contributed by atoms with Crippen LogP contribution in [0.25, 0.3) is 0 Å². The molecular formula is C11H21N3O2. The second-order valence-electron chi connectivity index (χ2n) is 4.63. The molecule has 0 fully saturated rings. The van der Waals surface area contributed by atoms with Crippen LogP contribution in [0.2, 0.25) is 0 Å². The Morgan fingerprint density at radius 1 is 1.38 bits per heavy atom. The Hall–Kier alpha value is -0.910. The second kappa shape index (κ2) is 5.98. The summed E-state index contributed by atoms with van der Waals surface area (Å²) < 4.78 is 1.87. The number of likely N-dealkylation sites (N-methyl/N-ethyl adjacent to an activating group) is 1. The molecule has 5 nitrogen and oxygen atoms in total. The Labute approximate surface area is 96.3 Å². The summed E-state index contributed by atoms with van der Waals surface area (Å²) in [6.45, 7) is 4.19. The standard InChI is InChI=1S/C11H21N3O2/c1-11(9-15,10-16)8-13(2)6-7-14-5-3-4-12-14/h3-5,15-16H,6-10H2,1-2H3. The Balaban J connectivity index is 2.32. The maximum Gasteiger partial charge on any atom is 0.0536 e. The van der Waals surface area contributed by atoms with Crippen molar-refractivity contribution >= 4 is 0 Å². The lowest BCUT2D eigenvalue weighted by Crippen LogP contribution is -2.40. The van der Waals surface area contributed by atoms with Gasteiger partial charge in [-0.2, -0.15) is 5.10 Å². The molecule has 0 aliphatic rings. The zero-order valence-electron chi connectivity index (χ0n) is 10.0. The number of hydrogen-bond donors (Lipinski definition) is 2. The summed E-state index contributed by atoms with van der Waals surface area (Å²) >= 11 is 0. The van der Waals surface area contributed by atoms with Gasteiger partial charge in [0.2, 0.25) is 0 Å². The largest absolute Gasteiger partial charge is 0.396 e. The molecule has 16 heavy (non-hydrogen) atoms. The van der Waals surface area contributed by atoms with E-state index in [0.29, 0.717) is 6.54 Å². The molecule has 0 spiro atoms. The van der Waals surface area contributed by atoms with E-state index >= 15 is 0 Å². The fraction of sp³-hybridized carbons (Fsp3) is 0.727. The average Bonchev–Trinajstić information content (AvgIpc) is 2.79. The SMILES string of the molecule is CN(CCn1cccn1)CC(C)(CO)CO. The van der Waals surface area contributed by atoms with Gasteiger partial charge >= 0.3 is 0 Å². The highest BCUT2D eigenvalue weighted by Gasteiger charge is 2.24. The van der Waals surface area contributed by atoms with E-state index in [9.17, 15) is 10.2 Å². The van der Waals surface area contributed by atoms with Crippen molar-refractivity contribution < 1.29 is 10.2 Å². The predicted octanol–water partition coefficient (Wildman–Crippen LogP) is -0.194. The van der Waals surface area contributed by atoms with E-state index in [1.54, 1.807) is 6.20 Å². The van der Waals surface area contributed by atoms with Crippen LogP contribution in [0, 0.1) is 5.41 Å². The normalized spacial score (nSPS) is 12.3. The molecule has 0 atom stereocenters. The van der Waals surface area contributed by atoms with E-state index < -0.39 is 5.41 Å². The van der Waals surface area contributed by atoms with Gasteiger partial charge < -0.3 is 15.1 Å². The van der Waals surface area contributed by atoms with E-state index in [1.807, 2.05) is 30.9 Å². The monoisotopic (exact) mass is 227 g/mol. The first-order chi connectivity index (χ1) is 7.59. The summed E-state index contributed by atoms with van der Waals surface area (Å²) in [6, 6.07) is 1.89. The minimum atomic E-state index is -0.432. The molecule has 0 saturated carbocycles. The van der Waals surface area contributed by atoms with E-state index in [0.717, 1.165) is 13.1 Å². The predicted molar refractivity (Wildman–Crippen MR) is 62.0 cm³/mol. The van der Waals surface area contributed by atoms with Crippen LogP contribution in [0.5, 0.6) is 0 Å². The number of hydrogen-bond acceptors (Lipinski definition) is 4. The van der Waals surface area contributed by atoms with Crippen LogP contribution in [-0.4, -0.2) is 58.2 Å². The third kappa shape index (κ3) is 3.92. The van der Waals surface area contributed by atoms with Crippen LogP contribution in [0.3, 0.4) is 0 Å². The first-order valence-electron chi connectivity index (χ1n) is 5.47. The van der Waals surface area contributed by atoms with E-state index in [4.69, 9.17) is 0 Å². The van der Waals surface area contributed by atoms with Crippen molar-refractivity contribution in [2.24, 2.45) is 5.41 Å². The van der Waals surface area contributed by atoms with Crippen molar-refractivity contribution in [1.82, 2.24) is 14.7 Å². The quantitative estimate of drug-likeness (QED) is 0.677. The molecule has 0 bridgehead atoms. The third-order valence-electron chi connectivity index (χ3n) is 2.69. The number of nitrogens with zero attached hydrogens (tertiary/aromatic N) is 3. The van der Waals surface area contributed by atoms with Crippen molar-refractivity contribution in [3.8, 4) is 0 Å². The van der Waals surface area contributed by atoms with Gasteiger partial charge in [-0.25, -0.2) is 0 Å². The number of aromatic nitrogens is 2. The number of aliphatic hydroxyl groups excluding tert-OH is 2. The van der Waals surface area contributed by atoms with Gasteiger partial charge in [0.1, 0.15) is 0 Å². The maximum absolute atomic E-state index is 9.18. The Morgan fingerprint density at radius 3 is 2.56 bits per heavy atom. The van der Waals surface area contributed by atoms with Crippen molar-refractivity contribution in [2.45, 2.75) is 13.5 Å². The highest BCUT2D eigenvalue weighted by Crippen LogP contribution is 2.15. The molecule has 0 aromatic carbocycles. The first kappa shape index (κ1) is 13.2. The molecule has 0 radical (unpaired) electrons. The van der Waals surface area contributed by atoms with Crippen LogP contribution in [0.1, 0.15) is 6.92 Å². The highest BCUT2D eigenvalue weighted by molar-refractivity contribution is 4.79. The molecule has 0 unspecified atom stereocenters. The summed E-state index contributed by atoms with van der Waals surface area (Å²) in [7, 11) is 1.98. The Bertz CT molecular complexity index is 283. The van der Waals surface area contributed by atoms with Crippen LogP contribution in [-0.2, 0) is 6.54 Å². The molecule has 2 N–H and O–H groups in total. The first-order valence-corrected chi connectivity index (χ1v) is 5.47. The molecule has 1 aromatic rings. The fourth-order valence-electron chi connectivity index (χ4n) is 1.59. The molecule has 92 valence electrons. The molecule has 1 heterocycles. The molecule has 0 aliphatic heterocycles. The molecule has 0 aliphatic carbocycles. The zero-order valence-corrected chi connectivity index (χ0v) is 10.0. The highest BCUT2D eigenvalue weighted by atomic mass is 16.3. The summed E-state index contributed by atoms with van der Waals surface area (Å²) in [4.78, 5) is 2.09. The van der Waals surface area contributed by atoms with Gasteiger partial charge in [-0.05, 0) is 13.1 Å². The lowest BCUT2D eigenvalue weighted by Gasteiger charge is -2.30. The fourth-order valence-corrected chi connectivity index (χ4v) is 1.59. The molecule has 0 saturated heterocycles. The Kier molecular flexibility index (Phi) is 4.92. The molecule has 5 heteroatoms. The van der Waals surface area contributed by atoms with Crippen molar-refractivity contribution in [3.63, 3.8) is 0 Å². The minimum Gasteiger partial charge on any atom is -0.396 e. The van der Waals surface area contributed by atoms with Crippen LogP contribution < -0.4 is 0 Å². The van der Waals surface area contributed by atoms with Crippen molar-refractivity contribution in [3.05, 3.63) is 18.5 Å². The smallest absolute Gasteiger partial charge is 0.0536 e. The van der Waals surface area contributed by atoms with Gasteiger partial charge in [-0.3, -0.25) is 4.68 Å². The van der Waals surface area contributed by atoms with Gasteiger partial charge in [0, 0.05) is 30.9 Å². The second-order valence-corrected chi connectivity index (χ2v) is 4.63. The third-order valence-corrected chi connectivity index (χ3v) is 2.69. The van der Waals surface area contributed by atoms with E-state index in [2.05, 4.69) is 10.00 Å².